The number of carboxylic acid groups (broad SMARTS) is 1. The maximum absolute atomic E-state index is 14.0. The van der Waals surface area contributed by atoms with Crippen LogP contribution in [0.1, 0.15) is 39.2 Å². The summed E-state index contributed by atoms with van der Waals surface area (Å²) in [4.78, 5) is 27.2. The number of phenols is 1. The van der Waals surface area contributed by atoms with E-state index in [-0.39, 0.29) is 39.4 Å². The number of aliphatic carboxylic acids is 1. The summed E-state index contributed by atoms with van der Waals surface area (Å²) in [6.45, 7) is 13.2. The molecular weight excluding hydrogens is 931 g/mol. The first-order valence-electron chi connectivity index (χ1n) is 24.6. The number of carbonyl (C=O) groups is 2. The number of aliphatic hydroxyl groups excluding tert-OH is 1. The molecule has 7 aromatic carbocycles. The number of rotatable bonds is 18. The largest absolute Gasteiger partial charge is 0.871 e. The van der Waals surface area contributed by atoms with E-state index in [1.165, 1.54) is 32.3 Å². The number of aliphatic hydroxyl groups is 1. The smallest absolute Gasteiger partial charge is 0.219 e. The lowest BCUT2D eigenvalue weighted by Gasteiger charge is -2.33. The van der Waals surface area contributed by atoms with Crippen LogP contribution in [0.2, 0.25) is 0 Å². The fraction of sp³-hybridized carbons (Fsp3) is 0.177. The van der Waals surface area contributed by atoms with Crippen molar-refractivity contribution in [3.63, 3.8) is 0 Å². The highest BCUT2D eigenvalue weighted by atomic mass is 32.2. The first-order valence-corrected chi connectivity index (χ1v) is 25.8. The minimum absolute atomic E-state index is 0.0648. The third-order valence-electron chi connectivity index (χ3n) is 13.0. The highest BCUT2D eigenvalue weighted by molar-refractivity contribution is 7.99. The van der Waals surface area contributed by atoms with Gasteiger partial charge in [0.1, 0.15) is 17.3 Å². The third-order valence-corrected chi connectivity index (χ3v) is 14.0. The maximum Gasteiger partial charge on any atom is 0.219 e. The number of hydrogen-bond acceptors (Lipinski definition) is 9. The Balaban J connectivity index is 0.00000112. The number of hydrogen-bond donors (Lipinski definition) is 3. The molecule has 11 heteroatoms. The van der Waals surface area contributed by atoms with Gasteiger partial charge in [0.15, 0.2) is 5.78 Å². The van der Waals surface area contributed by atoms with Gasteiger partial charge in [0.05, 0.1) is 49.4 Å². The number of aromatic hydroxyl groups is 1. The average molecular weight is 990 g/mol. The standard InChI is InChI=1S/C58H53N3O5S.C4H6O2/c1-3-59(4-2)34-37-67-36-13-12-35-66-46-30-26-43(27-31-46)61(52-25-15-19-41-17-9-11-23-48(41)52)45-29-33-50(54(63)39-45)56-57(64)55(58(56)65)49-32-28-44(38-53(49)62)60(42-20-6-5-7-21-42)51-24-14-18-40-16-8-10-22-47(40)51;1-3(2)4(5)6/h5-11,14-33,38-39H,3-4,12-13,34-37H2,1-2H3,(H2,62,63,64,65);1H2,2H3,(H,5,6). The predicted octanol–water partition coefficient (Wildman–Crippen LogP) is 10.2. The number of benzene rings is 7. The molecule has 9 rings (SSSR count). The molecule has 0 atom stereocenters. The second-order valence-corrected chi connectivity index (χ2v) is 19.0. The number of nitrogens with one attached hydrogen (secondary N) is 1. The summed E-state index contributed by atoms with van der Waals surface area (Å²) in [7, 11) is 0. The van der Waals surface area contributed by atoms with Crippen LogP contribution in [0.15, 0.2) is 211 Å². The molecule has 73 heavy (non-hydrogen) atoms. The molecule has 0 amide bonds. The summed E-state index contributed by atoms with van der Waals surface area (Å²) in [5.74, 6) is 0.425. The molecule has 0 saturated heterocycles. The van der Waals surface area contributed by atoms with Crippen LogP contribution in [-0.4, -0.2) is 65.4 Å². The summed E-state index contributed by atoms with van der Waals surface area (Å²) in [6, 6.07) is 51.2. The molecule has 0 saturated carbocycles. The molecule has 3 N–H and O–H groups in total. The average Bonchev–Trinajstić information content (AvgIpc) is 3.41. The van der Waals surface area contributed by atoms with Gasteiger partial charge in [-0.25, -0.2) is 0 Å². The van der Waals surface area contributed by atoms with Crippen molar-refractivity contribution < 1.29 is 39.7 Å². The first kappa shape index (κ1) is 51.2. The van der Waals surface area contributed by atoms with Gasteiger partial charge >= 0.3 is 0 Å². The molecule has 10 nitrogen and oxygen atoms in total. The molecule has 0 aliphatic heterocycles. The molecule has 7 aromatic rings. The molecule has 0 spiro atoms. The lowest BCUT2D eigenvalue weighted by atomic mass is 9.79. The summed E-state index contributed by atoms with van der Waals surface area (Å²) < 4.78 is 8.20. The van der Waals surface area contributed by atoms with E-state index in [9.17, 15) is 30.0 Å². The van der Waals surface area contributed by atoms with Crippen LogP contribution in [0, 0.1) is 0 Å². The maximum atomic E-state index is 14.0. The number of para-hydroxylation sites is 1. The molecule has 0 fully saturated rings. The number of Topliss-reactive ketones (excluding diaryl/α,β-unsaturated/α-hetero) is 1. The lowest BCUT2D eigenvalue weighted by molar-refractivity contribution is -0.893. The Hall–Kier alpha value is -8.12. The number of quaternary nitrogens is 1. The van der Waals surface area contributed by atoms with Crippen LogP contribution in [0.25, 0.3) is 27.1 Å². The van der Waals surface area contributed by atoms with Crippen molar-refractivity contribution in [1.29, 1.82) is 0 Å². The number of ketones is 1. The quantitative estimate of drug-likeness (QED) is 0.0435. The van der Waals surface area contributed by atoms with Crippen LogP contribution >= 0.6 is 11.8 Å². The number of carboxylic acids is 1. The molecule has 2 aliphatic rings. The zero-order valence-corrected chi connectivity index (χ0v) is 42.2. The number of phenolic OH excluding ortho intramolecular Hbond substituents is 1. The zero-order chi connectivity index (χ0) is 51.4. The summed E-state index contributed by atoms with van der Waals surface area (Å²) >= 11 is 2.02. The molecule has 0 bridgehead atoms. The number of ether oxygens (including phenoxy) is 1. The summed E-state index contributed by atoms with van der Waals surface area (Å²) in [6.07, 6.45) is 7.10. The molecule has 370 valence electrons. The first-order chi connectivity index (χ1) is 35.5. The highest BCUT2D eigenvalue weighted by Crippen LogP contribution is 2.45. The lowest BCUT2D eigenvalue weighted by Crippen LogP contribution is -3.11. The van der Waals surface area contributed by atoms with Crippen LogP contribution in [0.5, 0.6) is 11.5 Å². The summed E-state index contributed by atoms with van der Waals surface area (Å²) in [5, 5.41) is 50.8. The van der Waals surface area contributed by atoms with E-state index in [2.05, 4.69) is 61.7 Å². The SMILES string of the molecule is C=C(C)C(=O)[O-].CC[NH+](CC)CCSCCCCOc1ccc(N(c2ccc(C3=C([O-])C(=C4C=CC(=[N+](c5ccccc5)c5cccc6ccccc56)C=C4O)C3=O)c(O)c2)c2cccc3ccccc23)cc1. The molecule has 0 unspecified atom stereocenters. The van der Waals surface area contributed by atoms with Crippen molar-refractivity contribution in [2.45, 2.75) is 33.6 Å². The number of thioether (sulfide) groups is 1. The Labute approximate surface area is 431 Å². The molecular formula is C62H59N3O7S. The second kappa shape index (κ2) is 23.9. The Morgan fingerprint density at radius 1 is 0.740 bits per heavy atom. The summed E-state index contributed by atoms with van der Waals surface area (Å²) in [5.41, 5.74) is 4.90. The van der Waals surface area contributed by atoms with Gasteiger partial charge in [-0.2, -0.15) is 16.3 Å². The Bertz CT molecular complexity index is 3310. The minimum Gasteiger partial charge on any atom is -0.871 e. The van der Waals surface area contributed by atoms with Gasteiger partial charge in [-0.3, -0.25) is 4.79 Å². The number of carbonyl (C=O) groups excluding carboxylic acids is 2. The molecule has 2 aliphatic carbocycles. The molecule has 0 heterocycles. The number of nitrogens with zero attached hydrogens (tertiary/aromatic N) is 2. The van der Waals surface area contributed by atoms with Crippen LogP contribution in [-0.2, 0) is 9.59 Å². The van der Waals surface area contributed by atoms with Gasteiger partial charge in [-0.05, 0) is 110 Å². The topological polar surface area (TPSA) is 141 Å². The van der Waals surface area contributed by atoms with Gasteiger partial charge < -0.3 is 39.8 Å². The van der Waals surface area contributed by atoms with E-state index < -0.39 is 17.5 Å². The minimum atomic E-state index is -1.19. The Morgan fingerprint density at radius 2 is 1.37 bits per heavy atom. The van der Waals surface area contributed by atoms with E-state index in [1.54, 1.807) is 35.3 Å². The van der Waals surface area contributed by atoms with E-state index >= 15 is 0 Å². The van der Waals surface area contributed by atoms with E-state index in [0.29, 0.717) is 18.0 Å². The normalized spacial score (nSPS) is 14.9. The number of unbranched alkanes of at least 4 members (excludes halogenated alkanes) is 1. The van der Waals surface area contributed by atoms with Gasteiger partial charge in [-0.15, -0.1) is 0 Å². The van der Waals surface area contributed by atoms with Crippen LogP contribution < -0.4 is 29.3 Å². The second-order valence-electron chi connectivity index (χ2n) is 17.8. The van der Waals surface area contributed by atoms with Crippen molar-refractivity contribution in [2.75, 3.05) is 42.6 Å². The van der Waals surface area contributed by atoms with Gasteiger partial charge in [0.25, 0.3) is 0 Å². The van der Waals surface area contributed by atoms with Gasteiger partial charge in [-0.1, -0.05) is 97.3 Å². The third kappa shape index (κ3) is 11.7. The van der Waals surface area contributed by atoms with Crippen molar-refractivity contribution in [3.8, 4) is 11.5 Å². The number of anilines is 3. The van der Waals surface area contributed by atoms with Gasteiger partial charge in [0, 0.05) is 75.1 Å². The molecule has 0 radical (unpaired) electrons. The van der Waals surface area contributed by atoms with E-state index in [0.717, 1.165) is 68.6 Å². The van der Waals surface area contributed by atoms with Crippen LogP contribution in [0.3, 0.4) is 0 Å². The van der Waals surface area contributed by atoms with E-state index in [4.69, 9.17) is 4.74 Å². The fourth-order valence-corrected chi connectivity index (χ4v) is 10.0. The van der Waals surface area contributed by atoms with Crippen molar-refractivity contribution in [1.82, 2.24) is 4.58 Å². The Kier molecular flexibility index (Phi) is 16.8. The van der Waals surface area contributed by atoms with Crippen molar-refractivity contribution in [3.05, 3.63) is 216 Å². The fourth-order valence-electron chi connectivity index (χ4n) is 8.97. The van der Waals surface area contributed by atoms with Gasteiger partial charge in [0.2, 0.25) is 17.1 Å². The van der Waals surface area contributed by atoms with Crippen LogP contribution in [0.4, 0.5) is 28.4 Å². The van der Waals surface area contributed by atoms with Crippen molar-refractivity contribution in [2.24, 2.45) is 0 Å². The predicted molar refractivity (Wildman–Crippen MR) is 295 cm³/mol. The number of fused-ring (bicyclic) bond motifs is 2. The Morgan fingerprint density at radius 3 is 2.03 bits per heavy atom. The monoisotopic (exact) mass is 989 g/mol. The zero-order valence-electron chi connectivity index (χ0n) is 41.3. The van der Waals surface area contributed by atoms with E-state index in [1.807, 2.05) is 126 Å². The molecule has 0 aromatic heterocycles. The highest BCUT2D eigenvalue weighted by Gasteiger charge is 2.35. The number of allylic oxidation sites excluding steroid dienone is 5. The van der Waals surface area contributed by atoms with Crippen molar-refractivity contribution >= 4 is 84.8 Å².